The predicted molar refractivity (Wildman–Crippen MR) is 170 cm³/mol. The van der Waals surface area contributed by atoms with Gasteiger partial charge < -0.3 is 24.4 Å². The largest absolute Gasteiger partial charge is 0.494 e. The van der Waals surface area contributed by atoms with E-state index < -0.39 is 17.3 Å². The normalized spacial score (nSPS) is 15.4. The Balaban J connectivity index is 1.80. The summed E-state index contributed by atoms with van der Waals surface area (Å²) in [4.78, 5) is 30.2. The van der Waals surface area contributed by atoms with E-state index in [1.165, 1.54) is 4.90 Å². The van der Waals surface area contributed by atoms with Crippen LogP contribution in [0.4, 0.5) is 26.8 Å². The third-order valence-corrected chi connectivity index (χ3v) is 7.14. The van der Waals surface area contributed by atoms with Crippen molar-refractivity contribution >= 4 is 34.9 Å². The van der Waals surface area contributed by atoms with Crippen molar-refractivity contribution < 1.29 is 23.8 Å². The van der Waals surface area contributed by atoms with E-state index in [0.29, 0.717) is 59.3 Å². The highest BCUT2D eigenvalue weighted by molar-refractivity contribution is 5.98. The van der Waals surface area contributed by atoms with E-state index in [-0.39, 0.29) is 12.1 Å². The van der Waals surface area contributed by atoms with Crippen LogP contribution in [0, 0.1) is 18.3 Å². The van der Waals surface area contributed by atoms with Gasteiger partial charge >= 0.3 is 12.2 Å². The van der Waals surface area contributed by atoms with Crippen molar-refractivity contribution in [2.24, 2.45) is 0 Å². The summed E-state index contributed by atoms with van der Waals surface area (Å²) in [7, 11) is 0. The minimum absolute atomic E-state index is 0.137. The number of rotatable bonds is 7. The average Bonchev–Trinajstić information content (AvgIpc) is 3.42. The van der Waals surface area contributed by atoms with Gasteiger partial charge in [0.1, 0.15) is 34.4 Å². The maximum Gasteiger partial charge on any atom is 0.420 e. The second-order valence-corrected chi connectivity index (χ2v) is 12.9. The van der Waals surface area contributed by atoms with Crippen molar-refractivity contribution in [3.8, 4) is 11.8 Å². The molecule has 44 heavy (non-hydrogen) atoms. The molecule has 1 N–H and O–H groups in total. The molecule has 1 unspecified atom stereocenters. The third-order valence-electron chi connectivity index (χ3n) is 7.14. The van der Waals surface area contributed by atoms with Crippen LogP contribution in [0.2, 0.25) is 0 Å². The van der Waals surface area contributed by atoms with Crippen molar-refractivity contribution in [1.82, 2.24) is 14.5 Å². The van der Waals surface area contributed by atoms with Crippen LogP contribution in [0.3, 0.4) is 0 Å². The standard InChI is InChI=1S/C33H44N6O5/c1-9-42-25-15-13-23(14-16-25)38(31(41)44-33(6,7)8)29-22(2)28(26(20-34)27-17-18-36-39(27)29)35-21-24-12-10-11-19-37(24)30(40)43-32(3,4)5/h13-18,24,35H,9-12,19,21H2,1-8H3. The average molecular weight is 605 g/mol. The number of likely N-dealkylation sites (tertiary alicyclic amines) is 1. The zero-order valence-corrected chi connectivity index (χ0v) is 27.1. The molecule has 0 aliphatic carbocycles. The molecule has 3 heterocycles. The third kappa shape index (κ3) is 7.36. The van der Waals surface area contributed by atoms with E-state index in [2.05, 4.69) is 16.5 Å². The maximum atomic E-state index is 13.9. The van der Waals surface area contributed by atoms with Gasteiger partial charge in [0, 0.05) is 18.7 Å². The number of benzene rings is 1. The van der Waals surface area contributed by atoms with E-state index in [1.807, 2.05) is 55.4 Å². The number of carbonyl (C=O) groups is 2. The van der Waals surface area contributed by atoms with Gasteiger partial charge in [-0.05, 0) is 105 Å². The Hall–Kier alpha value is -4.46. The van der Waals surface area contributed by atoms with Crippen LogP contribution in [0.15, 0.2) is 36.5 Å². The molecule has 1 aliphatic heterocycles. The summed E-state index contributed by atoms with van der Waals surface area (Å²) >= 11 is 0. The Bertz CT molecular complexity index is 1530. The van der Waals surface area contributed by atoms with Crippen LogP contribution in [-0.2, 0) is 9.47 Å². The van der Waals surface area contributed by atoms with Crippen molar-refractivity contribution in [3.63, 3.8) is 0 Å². The Morgan fingerprint density at radius 3 is 2.36 bits per heavy atom. The van der Waals surface area contributed by atoms with E-state index in [4.69, 9.17) is 14.2 Å². The SMILES string of the molecule is CCOc1ccc(N(C(=O)OC(C)(C)C)c2c(C)c(NCC3CCCCN3C(=O)OC(C)(C)C)c(C#N)c3ccnn23)cc1. The summed E-state index contributed by atoms with van der Waals surface area (Å²) in [6.45, 7) is 16.3. The number of anilines is 3. The minimum atomic E-state index is -0.766. The summed E-state index contributed by atoms with van der Waals surface area (Å²) in [5.74, 6) is 1.10. The predicted octanol–water partition coefficient (Wildman–Crippen LogP) is 7.19. The fraction of sp³-hybridized carbons (Fsp3) is 0.515. The van der Waals surface area contributed by atoms with Gasteiger partial charge in [-0.1, -0.05) is 0 Å². The molecule has 0 bridgehead atoms. The molecule has 3 aromatic rings. The molecule has 2 aromatic heterocycles. The van der Waals surface area contributed by atoms with Gasteiger partial charge in [-0.3, -0.25) is 0 Å². The molecular weight excluding hydrogens is 560 g/mol. The van der Waals surface area contributed by atoms with Gasteiger partial charge in [0.2, 0.25) is 0 Å². The van der Waals surface area contributed by atoms with Crippen LogP contribution < -0.4 is 15.0 Å². The Morgan fingerprint density at radius 1 is 1.07 bits per heavy atom. The van der Waals surface area contributed by atoms with Crippen molar-refractivity contribution in [3.05, 3.63) is 47.7 Å². The number of hydrogen-bond donors (Lipinski definition) is 1. The molecule has 2 amide bonds. The molecule has 4 rings (SSSR count). The maximum absolute atomic E-state index is 13.9. The lowest BCUT2D eigenvalue weighted by Gasteiger charge is -2.37. The molecule has 0 saturated carbocycles. The lowest BCUT2D eigenvalue weighted by molar-refractivity contribution is 0.0113. The van der Waals surface area contributed by atoms with Crippen molar-refractivity contribution in [2.45, 2.75) is 91.9 Å². The minimum Gasteiger partial charge on any atom is -0.494 e. The van der Waals surface area contributed by atoms with Crippen LogP contribution >= 0.6 is 0 Å². The van der Waals surface area contributed by atoms with E-state index in [0.717, 1.165) is 19.3 Å². The number of nitrogens with one attached hydrogen (secondary N) is 1. The van der Waals surface area contributed by atoms with Crippen LogP contribution in [0.25, 0.3) is 5.52 Å². The summed E-state index contributed by atoms with van der Waals surface area (Å²) in [5, 5.41) is 18.3. The molecule has 236 valence electrons. The summed E-state index contributed by atoms with van der Waals surface area (Å²) in [5.41, 5.74) is 1.27. The first-order chi connectivity index (χ1) is 20.7. The fourth-order valence-electron chi connectivity index (χ4n) is 5.32. The molecule has 1 fully saturated rings. The highest BCUT2D eigenvalue weighted by atomic mass is 16.6. The molecule has 1 atom stereocenters. The first-order valence-electron chi connectivity index (χ1n) is 15.1. The summed E-state index contributed by atoms with van der Waals surface area (Å²) in [6, 6.07) is 11.1. The van der Waals surface area contributed by atoms with Crippen molar-refractivity contribution in [1.29, 1.82) is 5.26 Å². The first-order valence-corrected chi connectivity index (χ1v) is 15.1. The van der Waals surface area contributed by atoms with Gasteiger partial charge in [-0.15, -0.1) is 0 Å². The van der Waals surface area contributed by atoms with Gasteiger partial charge in [-0.2, -0.15) is 10.4 Å². The Labute approximate surface area is 259 Å². The second-order valence-electron chi connectivity index (χ2n) is 12.9. The lowest BCUT2D eigenvalue weighted by Crippen LogP contribution is -2.49. The van der Waals surface area contributed by atoms with Gasteiger partial charge in [0.05, 0.1) is 35.7 Å². The summed E-state index contributed by atoms with van der Waals surface area (Å²) in [6.07, 6.45) is 3.33. The topological polar surface area (TPSA) is 121 Å². The van der Waals surface area contributed by atoms with Crippen LogP contribution in [0.1, 0.15) is 78.9 Å². The number of fused-ring (bicyclic) bond motifs is 1. The number of carbonyl (C=O) groups excluding carboxylic acids is 2. The number of nitrogens with zero attached hydrogens (tertiary/aromatic N) is 5. The number of aromatic nitrogens is 2. The molecular formula is C33H44N6O5. The van der Waals surface area contributed by atoms with E-state index in [1.54, 1.807) is 45.9 Å². The molecule has 0 radical (unpaired) electrons. The van der Waals surface area contributed by atoms with Crippen LogP contribution in [-0.4, -0.2) is 63.6 Å². The Kier molecular flexibility index (Phi) is 9.62. The number of pyridine rings is 1. The summed E-state index contributed by atoms with van der Waals surface area (Å²) < 4.78 is 18.8. The molecule has 11 nitrogen and oxygen atoms in total. The van der Waals surface area contributed by atoms with Gasteiger partial charge in [0.15, 0.2) is 0 Å². The molecule has 1 aromatic carbocycles. The number of piperidine rings is 1. The molecule has 1 saturated heterocycles. The zero-order valence-electron chi connectivity index (χ0n) is 27.1. The second kappa shape index (κ2) is 13.0. The quantitative estimate of drug-likeness (QED) is 0.301. The lowest BCUT2D eigenvalue weighted by atomic mass is 10.0. The smallest absolute Gasteiger partial charge is 0.420 e. The first kappa shape index (κ1) is 32.5. The monoisotopic (exact) mass is 604 g/mol. The number of ether oxygens (including phenoxy) is 3. The molecule has 1 aliphatic rings. The Morgan fingerprint density at radius 2 is 1.75 bits per heavy atom. The van der Waals surface area contributed by atoms with Gasteiger partial charge in [0.25, 0.3) is 0 Å². The molecule has 11 heteroatoms. The molecule has 0 spiro atoms. The fourth-order valence-corrected chi connectivity index (χ4v) is 5.32. The van der Waals surface area contributed by atoms with Gasteiger partial charge in [-0.25, -0.2) is 19.0 Å². The van der Waals surface area contributed by atoms with Crippen LogP contribution in [0.5, 0.6) is 5.75 Å². The zero-order chi connectivity index (χ0) is 32.2. The highest BCUT2D eigenvalue weighted by Crippen LogP contribution is 2.38. The number of amides is 2. The number of hydrogen-bond acceptors (Lipinski definition) is 8. The van der Waals surface area contributed by atoms with E-state index in [9.17, 15) is 14.9 Å². The van der Waals surface area contributed by atoms with Crippen molar-refractivity contribution in [2.75, 3.05) is 29.9 Å². The van der Waals surface area contributed by atoms with E-state index >= 15 is 0 Å². The number of nitriles is 1. The highest BCUT2D eigenvalue weighted by Gasteiger charge is 2.33.